The number of carbonyl (C=O) groups is 1. The number of aromatic nitrogens is 3. The van der Waals surface area contributed by atoms with Gasteiger partial charge in [-0.1, -0.05) is 11.8 Å². The van der Waals surface area contributed by atoms with Gasteiger partial charge in [-0.15, -0.1) is 10.2 Å². The van der Waals surface area contributed by atoms with Crippen LogP contribution in [0.25, 0.3) is 0 Å². The number of ether oxygens (including phenoxy) is 1. The Balaban J connectivity index is 1.71. The predicted octanol–water partition coefficient (Wildman–Crippen LogP) is 3.16. The van der Waals surface area contributed by atoms with Crippen molar-refractivity contribution in [3.63, 3.8) is 0 Å². The summed E-state index contributed by atoms with van der Waals surface area (Å²) in [5.41, 5.74) is 0.790. The molecule has 118 valence electrons. The molecule has 0 bridgehead atoms. The number of hydrogen-bond donors (Lipinski definition) is 0. The normalized spacial score (nSPS) is 14.3. The van der Waals surface area contributed by atoms with Crippen LogP contribution in [0.5, 0.6) is 0 Å². The molecule has 0 unspecified atom stereocenters. The van der Waals surface area contributed by atoms with Gasteiger partial charge in [-0.05, 0) is 32.8 Å². The molecule has 0 aliphatic heterocycles. The third kappa shape index (κ3) is 2.90. The number of esters is 1. The molecule has 0 N–H and O–H groups in total. The van der Waals surface area contributed by atoms with Crippen molar-refractivity contribution in [3.8, 4) is 0 Å². The van der Waals surface area contributed by atoms with Crippen LogP contribution in [-0.2, 0) is 17.0 Å². The molecule has 0 atom stereocenters. The quantitative estimate of drug-likeness (QED) is 0.601. The number of rotatable bonds is 6. The lowest BCUT2D eigenvalue weighted by molar-refractivity contribution is 0.0562. The number of nitrogens with zero attached hydrogens (tertiary/aromatic N) is 3. The molecule has 0 saturated heterocycles. The molecule has 0 amide bonds. The van der Waals surface area contributed by atoms with Crippen LogP contribution in [0.2, 0.25) is 0 Å². The Hall–Kier alpha value is -1.76. The van der Waals surface area contributed by atoms with E-state index in [4.69, 9.17) is 9.15 Å². The van der Waals surface area contributed by atoms with Crippen molar-refractivity contribution in [1.82, 2.24) is 14.8 Å². The molecule has 3 rings (SSSR count). The molecule has 1 saturated carbocycles. The van der Waals surface area contributed by atoms with Gasteiger partial charge >= 0.3 is 5.97 Å². The van der Waals surface area contributed by atoms with Gasteiger partial charge in [0.2, 0.25) is 5.76 Å². The molecule has 0 radical (unpaired) electrons. The highest BCUT2D eigenvalue weighted by atomic mass is 32.2. The second kappa shape index (κ2) is 6.16. The van der Waals surface area contributed by atoms with Crippen molar-refractivity contribution in [2.75, 3.05) is 7.11 Å². The predicted molar refractivity (Wildman–Crippen MR) is 82.0 cm³/mol. The Kier molecular flexibility index (Phi) is 4.24. The van der Waals surface area contributed by atoms with E-state index in [1.165, 1.54) is 20.0 Å². The molecule has 2 heterocycles. The van der Waals surface area contributed by atoms with Crippen LogP contribution in [0, 0.1) is 6.92 Å². The summed E-state index contributed by atoms with van der Waals surface area (Å²) in [6, 6.07) is 1.87. The van der Waals surface area contributed by atoms with E-state index in [1.807, 2.05) is 13.0 Å². The lowest BCUT2D eigenvalue weighted by Crippen LogP contribution is -2.02. The first kappa shape index (κ1) is 15.1. The maximum absolute atomic E-state index is 11.6. The molecule has 0 aromatic carbocycles. The van der Waals surface area contributed by atoms with Gasteiger partial charge in [-0.2, -0.15) is 0 Å². The van der Waals surface area contributed by atoms with Crippen LogP contribution in [0.3, 0.4) is 0 Å². The molecule has 0 spiro atoms. The third-order valence-electron chi connectivity index (χ3n) is 3.69. The van der Waals surface area contributed by atoms with Crippen molar-refractivity contribution in [1.29, 1.82) is 0 Å². The van der Waals surface area contributed by atoms with E-state index in [9.17, 15) is 4.79 Å². The fraction of sp³-hybridized carbons (Fsp3) is 0.533. The summed E-state index contributed by atoms with van der Waals surface area (Å²) in [6.45, 7) is 4.81. The van der Waals surface area contributed by atoms with Gasteiger partial charge in [0.1, 0.15) is 11.6 Å². The summed E-state index contributed by atoms with van der Waals surface area (Å²) in [4.78, 5) is 11.6. The molecular weight excluding hydrogens is 302 g/mol. The minimum atomic E-state index is -0.443. The first-order valence-corrected chi connectivity index (χ1v) is 8.36. The van der Waals surface area contributed by atoms with Crippen molar-refractivity contribution in [2.24, 2.45) is 0 Å². The summed E-state index contributed by atoms with van der Waals surface area (Å²) in [7, 11) is 1.35. The zero-order valence-corrected chi connectivity index (χ0v) is 13.8. The Morgan fingerprint density at radius 1 is 1.50 bits per heavy atom. The average Bonchev–Trinajstić information content (AvgIpc) is 3.18. The zero-order valence-electron chi connectivity index (χ0n) is 13.0. The van der Waals surface area contributed by atoms with Gasteiger partial charge in [0, 0.05) is 18.0 Å². The van der Waals surface area contributed by atoms with Crippen molar-refractivity contribution in [3.05, 3.63) is 29.0 Å². The molecule has 1 fully saturated rings. The summed E-state index contributed by atoms with van der Waals surface area (Å²) in [6.07, 6.45) is 2.42. The SMILES string of the molecule is CCn1c(SCc2cc(C)c(C(=O)OC)o2)nnc1C1CC1. The maximum Gasteiger partial charge on any atom is 0.374 e. The Bertz CT molecular complexity index is 688. The lowest BCUT2D eigenvalue weighted by Gasteiger charge is -2.05. The topological polar surface area (TPSA) is 70.2 Å². The Morgan fingerprint density at radius 2 is 2.27 bits per heavy atom. The van der Waals surface area contributed by atoms with Gasteiger partial charge in [0.15, 0.2) is 5.16 Å². The van der Waals surface area contributed by atoms with E-state index in [0.717, 1.165) is 28.8 Å². The number of thioether (sulfide) groups is 1. The van der Waals surface area contributed by atoms with Crippen molar-refractivity contribution < 1.29 is 13.9 Å². The number of aryl methyl sites for hydroxylation is 1. The highest BCUT2D eigenvalue weighted by Crippen LogP contribution is 2.40. The van der Waals surface area contributed by atoms with Crippen molar-refractivity contribution >= 4 is 17.7 Å². The van der Waals surface area contributed by atoms with Gasteiger partial charge in [-0.3, -0.25) is 0 Å². The zero-order chi connectivity index (χ0) is 15.7. The van der Waals surface area contributed by atoms with Crippen molar-refractivity contribution in [2.45, 2.75) is 50.1 Å². The first-order valence-electron chi connectivity index (χ1n) is 7.37. The van der Waals surface area contributed by atoms with Crippen LogP contribution in [0.15, 0.2) is 15.6 Å². The highest BCUT2D eigenvalue weighted by Gasteiger charge is 2.30. The van der Waals surface area contributed by atoms with Gasteiger partial charge in [-0.25, -0.2) is 4.79 Å². The van der Waals surface area contributed by atoms with Crippen LogP contribution >= 0.6 is 11.8 Å². The van der Waals surface area contributed by atoms with Crippen LogP contribution in [0.1, 0.15) is 53.4 Å². The summed E-state index contributed by atoms with van der Waals surface area (Å²) >= 11 is 1.58. The molecule has 7 heteroatoms. The summed E-state index contributed by atoms with van der Waals surface area (Å²) in [5.74, 6) is 2.85. The molecule has 2 aromatic rings. The summed E-state index contributed by atoms with van der Waals surface area (Å²) in [5, 5.41) is 9.50. The summed E-state index contributed by atoms with van der Waals surface area (Å²) < 4.78 is 12.4. The third-order valence-corrected chi connectivity index (χ3v) is 4.68. The minimum absolute atomic E-state index is 0.272. The number of methoxy groups -OCH3 is 1. The smallest absolute Gasteiger partial charge is 0.374 e. The molecule has 2 aromatic heterocycles. The molecule has 1 aliphatic rings. The van der Waals surface area contributed by atoms with Gasteiger partial charge < -0.3 is 13.7 Å². The number of hydrogen-bond acceptors (Lipinski definition) is 6. The Labute approximate surface area is 133 Å². The molecule has 22 heavy (non-hydrogen) atoms. The lowest BCUT2D eigenvalue weighted by atomic mass is 10.3. The van der Waals surface area contributed by atoms with Crippen LogP contribution in [0.4, 0.5) is 0 Å². The van der Waals surface area contributed by atoms with E-state index in [-0.39, 0.29) is 5.76 Å². The van der Waals surface area contributed by atoms with Crippen LogP contribution in [-0.4, -0.2) is 27.8 Å². The standard InChI is InChI=1S/C15H19N3O3S/c1-4-18-13(10-5-6-10)16-17-15(18)22-8-11-7-9(2)12(21-11)14(19)20-3/h7,10H,4-6,8H2,1-3H3. The first-order chi connectivity index (χ1) is 10.6. The maximum atomic E-state index is 11.6. The monoisotopic (exact) mass is 321 g/mol. The van der Waals surface area contributed by atoms with E-state index < -0.39 is 5.97 Å². The van der Waals surface area contributed by atoms with E-state index in [1.54, 1.807) is 11.8 Å². The molecular formula is C15H19N3O3S. The molecule has 6 nitrogen and oxygen atoms in total. The molecule has 1 aliphatic carbocycles. The minimum Gasteiger partial charge on any atom is -0.463 e. The fourth-order valence-corrected chi connectivity index (χ4v) is 3.29. The average molecular weight is 321 g/mol. The fourth-order valence-electron chi connectivity index (χ4n) is 2.40. The Morgan fingerprint density at radius 3 is 2.91 bits per heavy atom. The van der Waals surface area contributed by atoms with E-state index >= 15 is 0 Å². The second-order valence-corrected chi connectivity index (χ2v) is 6.31. The van der Waals surface area contributed by atoms with E-state index in [0.29, 0.717) is 11.7 Å². The number of furan rings is 1. The largest absolute Gasteiger partial charge is 0.463 e. The van der Waals surface area contributed by atoms with E-state index in [2.05, 4.69) is 21.7 Å². The van der Waals surface area contributed by atoms with Gasteiger partial charge in [0.05, 0.1) is 12.9 Å². The second-order valence-electron chi connectivity index (χ2n) is 5.36. The van der Waals surface area contributed by atoms with Crippen LogP contribution < -0.4 is 0 Å². The van der Waals surface area contributed by atoms with Gasteiger partial charge in [0.25, 0.3) is 0 Å². The highest BCUT2D eigenvalue weighted by molar-refractivity contribution is 7.98. The number of carbonyl (C=O) groups excluding carboxylic acids is 1.